The highest BCUT2D eigenvalue weighted by Crippen LogP contribution is 2.42. The van der Waals surface area contributed by atoms with Gasteiger partial charge in [-0.3, -0.25) is 9.69 Å². The molecule has 2 fully saturated rings. The number of hydrogen-bond acceptors (Lipinski definition) is 4. The van der Waals surface area contributed by atoms with Gasteiger partial charge in [0, 0.05) is 19.6 Å². The maximum atomic E-state index is 12.6. The first-order chi connectivity index (χ1) is 10.7. The molecule has 1 aromatic rings. The van der Waals surface area contributed by atoms with Crippen LogP contribution in [0.25, 0.3) is 0 Å². The van der Waals surface area contributed by atoms with Gasteiger partial charge in [0.1, 0.15) is 11.3 Å². The largest absolute Gasteiger partial charge is 0.494 e. The highest BCUT2D eigenvalue weighted by Gasteiger charge is 2.54. The molecule has 1 saturated heterocycles. The fourth-order valence-electron chi connectivity index (χ4n) is 3.06. The fraction of sp³-hybridized carbons (Fsp3) is 0.588. The molecule has 5 nitrogen and oxygen atoms in total. The first-order valence-corrected chi connectivity index (χ1v) is 8.07. The summed E-state index contributed by atoms with van der Waals surface area (Å²) in [5.74, 6) is 1.000. The van der Waals surface area contributed by atoms with E-state index in [1.54, 1.807) is 0 Å². The first kappa shape index (κ1) is 15.3. The zero-order valence-electron chi connectivity index (χ0n) is 13.1. The van der Waals surface area contributed by atoms with E-state index >= 15 is 0 Å². The van der Waals surface area contributed by atoms with Gasteiger partial charge in [0.25, 0.3) is 0 Å². The van der Waals surface area contributed by atoms with Crippen LogP contribution < -0.4 is 10.1 Å². The van der Waals surface area contributed by atoms with E-state index in [1.165, 1.54) is 0 Å². The zero-order chi connectivity index (χ0) is 15.4. The van der Waals surface area contributed by atoms with E-state index in [0.717, 1.165) is 50.5 Å². The lowest BCUT2D eigenvalue weighted by Gasteiger charge is -2.33. The molecular formula is C17H24N2O3. The standard InChI is InChI=1S/C17H24N2O3/c1-2-22-15-5-3-4-14(12-15)13-18-16(20)17(6-7-17)19-8-10-21-11-9-19/h3-5,12H,2,6-11,13H2,1H3,(H,18,20). The van der Waals surface area contributed by atoms with Crippen LogP contribution >= 0.6 is 0 Å². The van der Waals surface area contributed by atoms with Crippen molar-refractivity contribution in [2.45, 2.75) is 31.8 Å². The van der Waals surface area contributed by atoms with Crippen molar-refractivity contribution in [2.24, 2.45) is 0 Å². The van der Waals surface area contributed by atoms with E-state index in [2.05, 4.69) is 10.2 Å². The van der Waals surface area contributed by atoms with Crippen LogP contribution in [-0.2, 0) is 16.1 Å². The van der Waals surface area contributed by atoms with Crippen molar-refractivity contribution in [3.05, 3.63) is 29.8 Å². The summed E-state index contributed by atoms with van der Waals surface area (Å²) in [6, 6.07) is 7.89. The maximum absolute atomic E-state index is 12.6. The Morgan fingerprint density at radius 1 is 1.36 bits per heavy atom. The molecule has 0 aromatic heterocycles. The fourth-order valence-corrected chi connectivity index (χ4v) is 3.06. The van der Waals surface area contributed by atoms with Crippen molar-refractivity contribution < 1.29 is 14.3 Å². The number of carbonyl (C=O) groups excluding carboxylic acids is 1. The summed E-state index contributed by atoms with van der Waals surface area (Å²) in [7, 11) is 0. The van der Waals surface area contributed by atoms with E-state index in [-0.39, 0.29) is 11.4 Å². The molecule has 0 spiro atoms. The average Bonchev–Trinajstić information content (AvgIpc) is 3.36. The number of ether oxygens (including phenoxy) is 2. The van der Waals surface area contributed by atoms with E-state index in [0.29, 0.717) is 13.2 Å². The molecule has 0 bridgehead atoms. The lowest BCUT2D eigenvalue weighted by Crippen LogP contribution is -2.53. The van der Waals surface area contributed by atoms with Crippen LogP contribution in [0.3, 0.4) is 0 Å². The number of nitrogens with one attached hydrogen (secondary N) is 1. The number of hydrogen-bond donors (Lipinski definition) is 1. The molecule has 1 N–H and O–H groups in total. The summed E-state index contributed by atoms with van der Waals surface area (Å²) >= 11 is 0. The van der Waals surface area contributed by atoms with E-state index in [1.807, 2.05) is 31.2 Å². The molecule has 1 aromatic carbocycles. The Morgan fingerprint density at radius 2 is 2.14 bits per heavy atom. The Bertz CT molecular complexity index is 522. The van der Waals surface area contributed by atoms with Crippen molar-refractivity contribution in [3.8, 4) is 5.75 Å². The normalized spacial score (nSPS) is 20.4. The molecule has 3 rings (SSSR count). The third-order valence-corrected chi connectivity index (χ3v) is 4.43. The van der Waals surface area contributed by atoms with E-state index in [4.69, 9.17) is 9.47 Å². The van der Waals surface area contributed by atoms with Crippen LogP contribution in [0.4, 0.5) is 0 Å². The second-order valence-electron chi connectivity index (χ2n) is 5.89. The molecule has 2 aliphatic rings. The summed E-state index contributed by atoms with van der Waals surface area (Å²) in [5.41, 5.74) is 0.790. The van der Waals surface area contributed by atoms with Gasteiger partial charge in [0.15, 0.2) is 0 Å². The van der Waals surface area contributed by atoms with Crippen molar-refractivity contribution in [1.29, 1.82) is 0 Å². The van der Waals surface area contributed by atoms with Gasteiger partial charge in [0.2, 0.25) is 5.91 Å². The third kappa shape index (κ3) is 3.25. The van der Waals surface area contributed by atoms with Gasteiger partial charge >= 0.3 is 0 Å². The molecule has 1 saturated carbocycles. The van der Waals surface area contributed by atoms with Crippen LogP contribution in [-0.4, -0.2) is 49.3 Å². The second kappa shape index (κ2) is 6.67. The summed E-state index contributed by atoms with van der Waals surface area (Å²) in [5, 5.41) is 3.09. The molecule has 22 heavy (non-hydrogen) atoms. The van der Waals surface area contributed by atoms with E-state index < -0.39 is 0 Å². The Morgan fingerprint density at radius 3 is 2.82 bits per heavy atom. The van der Waals surface area contributed by atoms with E-state index in [9.17, 15) is 4.79 Å². The Kier molecular flexibility index (Phi) is 4.64. The topological polar surface area (TPSA) is 50.8 Å². The number of nitrogens with zero attached hydrogens (tertiary/aromatic N) is 1. The van der Waals surface area contributed by atoms with Crippen molar-refractivity contribution in [3.63, 3.8) is 0 Å². The van der Waals surface area contributed by atoms with Gasteiger partial charge in [-0.2, -0.15) is 0 Å². The molecule has 1 heterocycles. The van der Waals surface area contributed by atoms with Crippen LogP contribution in [0.1, 0.15) is 25.3 Å². The molecule has 0 atom stereocenters. The zero-order valence-corrected chi connectivity index (χ0v) is 13.1. The lowest BCUT2D eigenvalue weighted by molar-refractivity contribution is -0.130. The molecule has 1 amide bonds. The Hall–Kier alpha value is -1.59. The summed E-state index contributed by atoms with van der Waals surface area (Å²) in [6.07, 6.45) is 1.91. The van der Waals surface area contributed by atoms with Gasteiger partial charge < -0.3 is 14.8 Å². The summed E-state index contributed by atoms with van der Waals surface area (Å²) in [4.78, 5) is 14.9. The monoisotopic (exact) mass is 304 g/mol. The van der Waals surface area contributed by atoms with Crippen molar-refractivity contribution >= 4 is 5.91 Å². The summed E-state index contributed by atoms with van der Waals surface area (Å²) < 4.78 is 10.9. The number of benzene rings is 1. The van der Waals surface area contributed by atoms with Crippen molar-refractivity contribution in [2.75, 3.05) is 32.9 Å². The van der Waals surface area contributed by atoms with Crippen molar-refractivity contribution in [1.82, 2.24) is 10.2 Å². The molecule has 5 heteroatoms. The minimum Gasteiger partial charge on any atom is -0.494 e. The minimum atomic E-state index is -0.276. The van der Waals surface area contributed by atoms with Gasteiger partial charge in [-0.1, -0.05) is 12.1 Å². The predicted molar refractivity (Wildman–Crippen MR) is 83.8 cm³/mol. The van der Waals surface area contributed by atoms with Crippen LogP contribution in [0.5, 0.6) is 5.75 Å². The SMILES string of the molecule is CCOc1cccc(CNC(=O)C2(N3CCOCC3)CC2)c1. The quantitative estimate of drug-likeness (QED) is 0.867. The third-order valence-electron chi connectivity index (χ3n) is 4.43. The van der Waals surface area contributed by atoms with Gasteiger partial charge in [0.05, 0.1) is 19.8 Å². The molecule has 1 aliphatic carbocycles. The van der Waals surface area contributed by atoms with Crippen LogP contribution in [0.15, 0.2) is 24.3 Å². The molecule has 0 unspecified atom stereocenters. The number of amides is 1. The number of rotatable bonds is 6. The van der Waals surface area contributed by atoms with Crippen LogP contribution in [0, 0.1) is 0 Å². The molecule has 120 valence electrons. The van der Waals surface area contributed by atoms with Gasteiger partial charge in [-0.25, -0.2) is 0 Å². The molecular weight excluding hydrogens is 280 g/mol. The van der Waals surface area contributed by atoms with Crippen LogP contribution in [0.2, 0.25) is 0 Å². The average molecular weight is 304 g/mol. The minimum absolute atomic E-state index is 0.149. The highest BCUT2D eigenvalue weighted by molar-refractivity contribution is 5.89. The second-order valence-corrected chi connectivity index (χ2v) is 5.89. The first-order valence-electron chi connectivity index (χ1n) is 8.07. The van der Waals surface area contributed by atoms with Gasteiger partial charge in [-0.05, 0) is 37.5 Å². The number of morpholine rings is 1. The molecule has 1 aliphatic heterocycles. The smallest absolute Gasteiger partial charge is 0.240 e. The predicted octanol–water partition coefficient (Wildman–Crippen LogP) is 1.57. The summed E-state index contributed by atoms with van der Waals surface area (Å²) in [6.45, 7) is 6.33. The lowest BCUT2D eigenvalue weighted by atomic mass is 10.1. The maximum Gasteiger partial charge on any atom is 0.240 e. The Labute approximate surface area is 131 Å². The Balaban J connectivity index is 1.57. The molecule has 0 radical (unpaired) electrons. The van der Waals surface area contributed by atoms with Gasteiger partial charge in [-0.15, -0.1) is 0 Å². The number of carbonyl (C=O) groups is 1. The highest BCUT2D eigenvalue weighted by atomic mass is 16.5.